The standard InChI is InChI=1S/C32H54O12/c1-16(9-12-41-29-26(39)24(37)22(35)20(14-33)43-29)7-8-18-17(2)13-19(28-31(3,4)10-6-11-32(18,28)5)42-30-27(40)25(38)23(36)21(15-34)44-30/h9,18-30,33-40H,2,6-8,10-15H2,1,3-5H3. The zero-order valence-electron chi connectivity index (χ0n) is 26.4. The molecule has 14 atom stereocenters. The van der Waals surface area contributed by atoms with Crippen LogP contribution in [0.15, 0.2) is 23.8 Å². The zero-order chi connectivity index (χ0) is 32.6. The van der Waals surface area contributed by atoms with E-state index in [-0.39, 0.29) is 35.4 Å². The number of hydrogen-bond acceptors (Lipinski definition) is 12. The van der Waals surface area contributed by atoms with Crippen LogP contribution in [0.3, 0.4) is 0 Å². The molecule has 2 aliphatic carbocycles. The monoisotopic (exact) mass is 630 g/mol. The molecule has 4 aliphatic rings. The number of aliphatic hydroxyl groups is 8. The predicted molar refractivity (Wildman–Crippen MR) is 158 cm³/mol. The number of rotatable bonds is 10. The number of aliphatic hydroxyl groups excluding tert-OH is 8. The molecule has 2 heterocycles. The van der Waals surface area contributed by atoms with Crippen molar-refractivity contribution in [2.45, 2.75) is 134 Å². The molecule has 0 aromatic heterocycles. The number of ether oxygens (including phenoxy) is 4. The highest BCUT2D eigenvalue weighted by Crippen LogP contribution is 2.62. The zero-order valence-corrected chi connectivity index (χ0v) is 26.4. The Labute approximate surface area is 259 Å². The smallest absolute Gasteiger partial charge is 0.187 e. The lowest BCUT2D eigenvalue weighted by molar-refractivity contribution is -0.324. The first-order chi connectivity index (χ1) is 20.7. The molecule has 0 amide bonds. The van der Waals surface area contributed by atoms with Gasteiger partial charge < -0.3 is 59.8 Å². The van der Waals surface area contributed by atoms with Crippen molar-refractivity contribution >= 4 is 0 Å². The summed E-state index contributed by atoms with van der Waals surface area (Å²) in [5.74, 6) is 0.280. The average Bonchev–Trinajstić information content (AvgIpc) is 2.96. The molecule has 2 saturated carbocycles. The Balaban J connectivity index is 1.42. The van der Waals surface area contributed by atoms with Crippen molar-refractivity contribution in [3.8, 4) is 0 Å². The Kier molecular flexibility index (Phi) is 11.7. The third-order valence-electron chi connectivity index (χ3n) is 10.7. The molecule has 0 aromatic rings. The van der Waals surface area contributed by atoms with Crippen LogP contribution in [0.1, 0.15) is 66.2 Å². The molecule has 12 heteroatoms. The highest BCUT2D eigenvalue weighted by atomic mass is 16.7. The molecule has 44 heavy (non-hydrogen) atoms. The van der Waals surface area contributed by atoms with Crippen LogP contribution in [0.25, 0.3) is 0 Å². The van der Waals surface area contributed by atoms with Gasteiger partial charge in [-0.25, -0.2) is 0 Å². The minimum atomic E-state index is -1.50. The summed E-state index contributed by atoms with van der Waals surface area (Å²) in [5.41, 5.74) is 1.86. The van der Waals surface area contributed by atoms with E-state index >= 15 is 0 Å². The minimum Gasteiger partial charge on any atom is -0.394 e. The second-order valence-corrected chi connectivity index (χ2v) is 14.2. The van der Waals surface area contributed by atoms with Crippen molar-refractivity contribution in [3.63, 3.8) is 0 Å². The summed E-state index contributed by atoms with van der Waals surface area (Å²) in [6.07, 6.45) is -6.49. The summed E-state index contributed by atoms with van der Waals surface area (Å²) in [7, 11) is 0. The number of hydrogen-bond donors (Lipinski definition) is 8. The Morgan fingerprint density at radius 1 is 0.864 bits per heavy atom. The van der Waals surface area contributed by atoms with Crippen molar-refractivity contribution in [3.05, 3.63) is 23.8 Å². The number of fused-ring (bicyclic) bond motifs is 1. The van der Waals surface area contributed by atoms with Crippen LogP contribution >= 0.6 is 0 Å². The molecule has 0 spiro atoms. The average molecular weight is 631 g/mol. The first-order valence-corrected chi connectivity index (χ1v) is 15.9. The van der Waals surface area contributed by atoms with Crippen LogP contribution in [0.5, 0.6) is 0 Å². The third-order valence-corrected chi connectivity index (χ3v) is 10.7. The fourth-order valence-electron chi connectivity index (χ4n) is 8.41. The van der Waals surface area contributed by atoms with E-state index in [1.54, 1.807) is 0 Å². The molecule has 2 saturated heterocycles. The van der Waals surface area contributed by atoms with Gasteiger partial charge in [-0.15, -0.1) is 0 Å². The summed E-state index contributed by atoms with van der Waals surface area (Å²) in [6.45, 7) is 12.3. The van der Waals surface area contributed by atoms with Gasteiger partial charge in [0.2, 0.25) is 0 Å². The van der Waals surface area contributed by atoms with Gasteiger partial charge in [-0.2, -0.15) is 0 Å². The van der Waals surface area contributed by atoms with E-state index < -0.39 is 74.6 Å². The van der Waals surface area contributed by atoms with Gasteiger partial charge in [0.25, 0.3) is 0 Å². The summed E-state index contributed by atoms with van der Waals surface area (Å²) < 4.78 is 23.2. The molecule has 0 bridgehead atoms. The molecular formula is C32H54O12. The summed E-state index contributed by atoms with van der Waals surface area (Å²) >= 11 is 0. The molecule has 0 radical (unpaired) electrons. The molecule has 4 fully saturated rings. The van der Waals surface area contributed by atoms with Crippen LogP contribution in [0.4, 0.5) is 0 Å². The molecule has 8 N–H and O–H groups in total. The van der Waals surface area contributed by atoms with Gasteiger partial charge in [0.15, 0.2) is 12.6 Å². The summed E-state index contributed by atoms with van der Waals surface area (Å²) in [4.78, 5) is 0. The Bertz CT molecular complexity index is 1000. The molecule has 0 aromatic carbocycles. The van der Waals surface area contributed by atoms with Gasteiger partial charge in [0.1, 0.15) is 48.8 Å². The summed E-state index contributed by atoms with van der Waals surface area (Å²) in [5, 5.41) is 80.5. The Hall–Kier alpha value is -1.00. The quantitative estimate of drug-likeness (QED) is 0.152. The van der Waals surface area contributed by atoms with Crippen molar-refractivity contribution in [2.24, 2.45) is 22.7 Å². The highest BCUT2D eigenvalue weighted by molar-refractivity contribution is 5.20. The minimum absolute atomic E-state index is 0.0884. The van der Waals surface area contributed by atoms with E-state index in [9.17, 15) is 40.9 Å². The number of allylic oxidation sites excluding steroid dienone is 1. The lowest BCUT2D eigenvalue weighted by Crippen LogP contribution is -2.62. The van der Waals surface area contributed by atoms with E-state index in [1.165, 1.54) is 0 Å². The Morgan fingerprint density at radius 2 is 1.43 bits per heavy atom. The van der Waals surface area contributed by atoms with Crippen LogP contribution in [0, 0.1) is 22.7 Å². The maximum Gasteiger partial charge on any atom is 0.187 e. The first kappa shape index (κ1) is 35.8. The third kappa shape index (κ3) is 7.12. The summed E-state index contributed by atoms with van der Waals surface area (Å²) in [6, 6.07) is 0. The van der Waals surface area contributed by atoms with Crippen molar-refractivity contribution in [1.29, 1.82) is 0 Å². The fourth-order valence-corrected chi connectivity index (χ4v) is 8.41. The van der Waals surface area contributed by atoms with Crippen LogP contribution in [-0.2, 0) is 18.9 Å². The van der Waals surface area contributed by atoms with Crippen molar-refractivity contribution in [2.75, 3.05) is 19.8 Å². The second kappa shape index (κ2) is 14.4. The molecule has 14 unspecified atom stereocenters. The van der Waals surface area contributed by atoms with Crippen molar-refractivity contribution in [1.82, 2.24) is 0 Å². The fraction of sp³-hybridized carbons (Fsp3) is 0.875. The molecular weight excluding hydrogens is 576 g/mol. The maximum atomic E-state index is 10.7. The molecule has 2 aliphatic heterocycles. The van der Waals surface area contributed by atoms with Gasteiger partial charge in [0.05, 0.1) is 25.9 Å². The van der Waals surface area contributed by atoms with Gasteiger partial charge in [0, 0.05) is 0 Å². The molecule has 254 valence electrons. The van der Waals surface area contributed by atoms with Crippen LogP contribution < -0.4 is 0 Å². The molecule has 12 nitrogen and oxygen atoms in total. The van der Waals surface area contributed by atoms with E-state index in [4.69, 9.17) is 18.9 Å². The lowest BCUT2D eigenvalue weighted by atomic mass is 9.46. The van der Waals surface area contributed by atoms with Crippen LogP contribution in [-0.4, -0.2) is 128 Å². The van der Waals surface area contributed by atoms with Gasteiger partial charge in [-0.3, -0.25) is 0 Å². The highest BCUT2D eigenvalue weighted by Gasteiger charge is 2.58. The second-order valence-electron chi connectivity index (χ2n) is 14.2. The molecule has 4 rings (SSSR count). The van der Waals surface area contributed by atoms with Crippen LogP contribution in [0.2, 0.25) is 0 Å². The first-order valence-electron chi connectivity index (χ1n) is 15.9. The van der Waals surface area contributed by atoms with E-state index in [0.717, 1.165) is 43.3 Å². The van der Waals surface area contributed by atoms with Crippen molar-refractivity contribution < 1.29 is 59.8 Å². The van der Waals surface area contributed by atoms with E-state index in [1.807, 2.05) is 13.0 Å². The van der Waals surface area contributed by atoms with Gasteiger partial charge in [-0.05, 0) is 61.7 Å². The van der Waals surface area contributed by atoms with Gasteiger partial charge >= 0.3 is 0 Å². The maximum absolute atomic E-state index is 10.7. The Morgan fingerprint density at radius 3 is 2.02 bits per heavy atom. The normalized spacial score (nSPS) is 46.5. The largest absolute Gasteiger partial charge is 0.394 e. The SMILES string of the molecule is C=C1CC(OC2OC(CO)C(O)C(O)C2O)C2C(C)(C)CCCC2(C)C1CCC(C)=CCOC1OC(CO)C(O)C(O)C1O. The van der Waals surface area contributed by atoms with E-state index in [2.05, 4.69) is 27.4 Å². The van der Waals surface area contributed by atoms with Gasteiger partial charge in [-0.1, -0.05) is 51.0 Å². The van der Waals surface area contributed by atoms with E-state index in [0.29, 0.717) is 6.42 Å². The lowest BCUT2D eigenvalue weighted by Gasteiger charge is -2.61. The predicted octanol–water partition coefficient (Wildman–Crippen LogP) is 0.123. The topological polar surface area (TPSA) is 199 Å².